The average molecular weight is 448 g/mol. The molecule has 0 heterocycles. The SMILES string of the molecule is CC1CC(C2(C)CCCCC2)=CC=C1c1ccc(N(C)c2ccc(-c3ccccc3)cc2)cc1. The van der Waals surface area contributed by atoms with Crippen LogP contribution in [0, 0.1) is 11.3 Å². The summed E-state index contributed by atoms with van der Waals surface area (Å²) < 4.78 is 0. The molecular weight excluding hydrogens is 410 g/mol. The molecule has 1 saturated carbocycles. The molecule has 2 aliphatic rings. The van der Waals surface area contributed by atoms with Gasteiger partial charge in [-0.2, -0.15) is 0 Å². The van der Waals surface area contributed by atoms with E-state index in [4.69, 9.17) is 0 Å². The monoisotopic (exact) mass is 447 g/mol. The molecule has 2 aliphatic carbocycles. The van der Waals surface area contributed by atoms with Crippen LogP contribution >= 0.6 is 0 Å². The normalized spacial score (nSPS) is 19.8. The number of allylic oxidation sites excluding steroid dienone is 4. The molecule has 3 aromatic rings. The van der Waals surface area contributed by atoms with Crippen molar-refractivity contribution < 1.29 is 0 Å². The molecule has 0 bridgehead atoms. The van der Waals surface area contributed by atoms with Gasteiger partial charge in [0, 0.05) is 18.4 Å². The summed E-state index contributed by atoms with van der Waals surface area (Å²) in [6.45, 7) is 4.90. The summed E-state index contributed by atoms with van der Waals surface area (Å²) in [5, 5.41) is 0. The third-order valence-electron chi connectivity index (χ3n) is 8.20. The number of nitrogens with zero attached hydrogens (tertiary/aromatic N) is 1. The second kappa shape index (κ2) is 9.66. The quantitative estimate of drug-likeness (QED) is 0.376. The third kappa shape index (κ3) is 4.62. The average Bonchev–Trinajstić information content (AvgIpc) is 2.89. The number of benzene rings is 3. The smallest absolute Gasteiger partial charge is 0.0408 e. The van der Waals surface area contributed by atoms with E-state index in [2.05, 4.69) is 117 Å². The van der Waals surface area contributed by atoms with Gasteiger partial charge in [-0.05, 0) is 77.1 Å². The zero-order valence-corrected chi connectivity index (χ0v) is 20.9. The lowest BCUT2D eigenvalue weighted by molar-refractivity contribution is 0.256. The van der Waals surface area contributed by atoms with Crippen molar-refractivity contribution in [1.82, 2.24) is 0 Å². The van der Waals surface area contributed by atoms with Crippen molar-refractivity contribution in [2.75, 3.05) is 11.9 Å². The highest BCUT2D eigenvalue weighted by atomic mass is 15.1. The van der Waals surface area contributed by atoms with Crippen molar-refractivity contribution in [3.63, 3.8) is 0 Å². The van der Waals surface area contributed by atoms with Crippen LogP contribution in [0.5, 0.6) is 0 Å². The van der Waals surface area contributed by atoms with E-state index < -0.39 is 0 Å². The van der Waals surface area contributed by atoms with Crippen LogP contribution in [0.4, 0.5) is 11.4 Å². The molecule has 0 aliphatic heterocycles. The van der Waals surface area contributed by atoms with Crippen molar-refractivity contribution in [3.8, 4) is 11.1 Å². The van der Waals surface area contributed by atoms with Crippen LogP contribution in [0.15, 0.2) is 96.6 Å². The van der Waals surface area contributed by atoms with Crippen LogP contribution in [-0.4, -0.2) is 7.05 Å². The summed E-state index contributed by atoms with van der Waals surface area (Å²) in [5.74, 6) is 0.577. The maximum atomic E-state index is 2.50. The number of anilines is 2. The zero-order valence-electron chi connectivity index (χ0n) is 20.9. The summed E-state index contributed by atoms with van der Waals surface area (Å²) in [6.07, 6.45) is 13.0. The first-order valence-electron chi connectivity index (χ1n) is 12.9. The first kappa shape index (κ1) is 22.7. The van der Waals surface area contributed by atoms with Gasteiger partial charge in [-0.15, -0.1) is 0 Å². The molecule has 0 N–H and O–H groups in total. The van der Waals surface area contributed by atoms with Crippen molar-refractivity contribution in [2.45, 2.75) is 52.4 Å². The molecule has 34 heavy (non-hydrogen) atoms. The molecule has 1 nitrogen and oxygen atoms in total. The highest BCUT2D eigenvalue weighted by Gasteiger charge is 2.32. The van der Waals surface area contributed by atoms with Crippen molar-refractivity contribution in [2.24, 2.45) is 11.3 Å². The molecule has 1 heteroatoms. The van der Waals surface area contributed by atoms with Gasteiger partial charge < -0.3 is 4.90 Å². The summed E-state index contributed by atoms with van der Waals surface area (Å²) >= 11 is 0. The molecular formula is C33H37N. The van der Waals surface area contributed by atoms with Crippen LogP contribution in [0.1, 0.15) is 57.9 Å². The fourth-order valence-electron chi connectivity index (χ4n) is 5.88. The Bertz CT molecular complexity index is 1160. The van der Waals surface area contributed by atoms with Crippen LogP contribution in [0.2, 0.25) is 0 Å². The lowest BCUT2D eigenvalue weighted by Crippen LogP contribution is -2.25. The minimum absolute atomic E-state index is 0.428. The lowest BCUT2D eigenvalue weighted by atomic mass is 9.66. The van der Waals surface area contributed by atoms with Crippen LogP contribution in [-0.2, 0) is 0 Å². The highest BCUT2D eigenvalue weighted by Crippen LogP contribution is 2.47. The fraction of sp³-hybridized carbons (Fsp3) is 0.333. The van der Waals surface area contributed by atoms with Gasteiger partial charge in [0.15, 0.2) is 0 Å². The largest absolute Gasteiger partial charge is 0.345 e. The molecule has 3 aromatic carbocycles. The molecule has 5 rings (SSSR count). The van der Waals surface area contributed by atoms with E-state index in [1.807, 2.05) is 0 Å². The predicted molar refractivity (Wildman–Crippen MR) is 147 cm³/mol. The summed E-state index contributed by atoms with van der Waals surface area (Å²) in [4.78, 5) is 2.26. The third-order valence-corrected chi connectivity index (χ3v) is 8.20. The number of rotatable bonds is 5. The van der Waals surface area contributed by atoms with E-state index in [0.29, 0.717) is 11.3 Å². The Labute approximate surface area is 205 Å². The topological polar surface area (TPSA) is 3.24 Å². The van der Waals surface area contributed by atoms with Crippen molar-refractivity contribution >= 4 is 16.9 Å². The van der Waals surface area contributed by atoms with Crippen LogP contribution in [0.3, 0.4) is 0 Å². The predicted octanol–water partition coefficient (Wildman–Crippen LogP) is 9.44. The Kier molecular flexibility index (Phi) is 6.46. The molecule has 0 spiro atoms. The van der Waals surface area contributed by atoms with E-state index in [1.54, 1.807) is 5.57 Å². The van der Waals surface area contributed by atoms with Gasteiger partial charge >= 0.3 is 0 Å². The maximum absolute atomic E-state index is 2.50. The molecule has 1 unspecified atom stereocenters. The minimum Gasteiger partial charge on any atom is -0.345 e. The molecule has 174 valence electrons. The first-order chi connectivity index (χ1) is 16.5. The molecule has 0 amide bonds. The first-order valence-corrected chi connectivity index (χ1v) is 12.9. The van der Waals surface area contributed by atoms with Gasteiger partial charge in [0.05, 0.1) is 0 Å². The maximum Gasteiger partial charge on any atom is 0.0408 e. The van der Waals surface area contributed by atoms with Crippen molar-refractivity contribution in [1.29, 1.82) is 0 Å². The second-order valence-corrected chi connectivity index (χ2v) is 10.6. The van der Waals surface area contributed by atoms with E-state index in [1.165, 1.54) is 72.2 Å². The van der Waals surface area contributed by atoms with Crippen LogP contribution < -0.4 is 4.90 Å². The summed E-state index contributed by atoms with van der Waals surface area (Å²) in [7, 11) is 2.15. The Hall–Kier alpha value is -3.06. The van der Waals surface area contributed by atoms with E-state index in [9.17, 15) is 0 Å². The van der Waals surface area contributed by atoms with Gasteiger partial charge in [0.2, 0.25) is 0 Å². The van der Waals surface area contributed by atoms with Gasteiger partial charge in [-0.3, -0.25) is 0 Å². The Morgan fingerprint density at radius 2 is 1.24 bits per heavy atom. The zero-order chi connectivity index (χ0) is 23.5. The molecule has 0 radical (unpaired) electrons. The summed E-state index contributed by atoms with van der Waals surface area (Å²) in [5.41, 5.74) is 9.86. The Morgan fingerprint density at radius 3 is 1.82 bits per heavy atom. The molecule has 0 saturated heterocycles. The van der Waals surface area contributed by atoms with Gasteiger partial charge in [0.1, 0.15) is 0 Å². The number of hydrogen-bond donors (Lipinski definition) is 0. The molecule has 1 atom stereocenters. The molecule has 1 fully saturated rings. The Morgan fingerprint density at radius 1 is 0.676 bits per heavy atom. The van der Waals surface area contributed by atoms with E-state index in [0.717, 1.165) is 0 Å². The van der Waals surface area contributed by atoms with E-state index in [-0.39, 0.29) is 0 Å². The van der Waals surface area contributed by atoms with E-state index >= 15 is 0 Å². The molecule has 0 aromatic heterocycles. The summed E-state index contributed by atoms with van der Waals surface area (Å²) in [6, 6.07) is 28.5. The van der Waals surface area contributed by atoms with Gasteiger partial charge in [-0.1, -0.05) is 105 Å². The van der Waals surface area contributed by atoms with Gasteiger partial charge in [0.25, 0.3) is 0 Å². The minimum atomic E-state index is 0.428. The Balaban J connectivity index is 1.31. The standard InChI is InChI=1S/C33H37N/c1-25-24-29(33(2)22-8-5-9-23-33)16-21-32(25)28-14-19-31(20-15-28)34(3)30-17-12-27(13-18-30)26-10-6-4-7-11-26/h4,6-7,10-21,25H,5,8-9,22-24H2,1-3H3. The highest BCUT2D eigenvalue weighted by molar-refractivity contribution is 5.74. The lowest BCUT2D eigenvalue weighted by Gasteiger charge is -2.39. The van der Waals surface area contributed by atoms with Crippen LogP contribution in [0.25, 0.3) is 16.7 Å². The van der Waals surface area contributed by atoms with Crippen molar-refractivity contribution in [3.05, 3.63) is 102 Å². The second-order valence-electron chi connectivity index (χ2n) is 10.6. The van der Waals surface area contributed by atoms with Gasteiger partial charge in [-0.25, -0.2) is 0 Å². The number of hydrogen-bond acceptors (Lipinski definition) is 1. The fourth-order valence-corrected chi connectivity index (χ4v) is 5.88.